The van der Waals surface area contributed by atoms with Gasteiger partial charge in [0.15, 0.2) is 11.5 Å². The molecular formula is C48H50ClN5O6. The highest BCUT2D eigenvalue weighted by Crippen LogP contribution is 2.43. The van der Waals surface area contributed by atoms with Gasteiger partial charge in [0.05, 0.1) is 23.8 Å². The first-order valence-electron chi connectivity index (χ1n) is 20.8. The molecule has 0 spiro atoms. The highest BCUT2D eigenvalue weighted by molar-refractivity contribution is 6.13. The second-order valence-electron chi connectivity index (χ2n) is 16.6. The number of aromatic nitrogens is 2. The van der Waals surface area contributed by atoms with Crippen molar-refractivity contribution in [3.63, 3.8) is 0 Å². The quantitative estimate of drug-likeness (QED) is 0.166. The molecule has 310 valence electrons. The van der Waals surface area contributed by atoms with Gasteiger partial charge < -0.3 is 38.7 Å². The standard InChI is InChI=1S/C48H49N5O6.ClH/c1-29-27-57-44(30(2)49-29)22-36-20-31-8-4-5-9-33(31)26-52(36)47(55)39-25-46-45(58-28-59-46)24-38(39)43-23-40(42-10-6-7-18-51(42)43)48(56)53(34-11-14-37(54)15-12-34)35-13-16-41-32(21-35)17-19-50(41)3;/h4-5,8-9,11-17,19,21,23-25,29-30,36,44,49,54H,6-7,10,18,20,22,26-28H2,1-3H3;1H/t29-,30-,36-,44?;/m0./s1. The summed E-state index contributed by atoms with van der Waals surface area (Å²) in [5.74, 6) is 0.944. The number of phenols is 1. The number of halogens is 1. The molecule has 0 bridgehead atoms. The van der Waals surface area contributed by atoms with Gasteiger partial charge in [-0.2, -0.15) is 0 Å². The number of hydrogen-bond acceptors (Lipinski definition) is 7. The molecule has 11 nitrogen and oxygen atoms in total. The number of ether oxygens (including phenoxy) is 3. The maximum Gasteiger partial charge on any atom is 0.264 e. The van der Waals surface area contributed by atoms with E-state index in [0.717, 1.165) is 47.1 Å². The number of phenolic OH excluding ortho intramolecular Hbond substituents is 1. The fourth-order valence-corrected chi connectivity index (χ4v) is 9.68. The number of aromatic hydroxyl groups is 1. The molecule has 10 rings (SSSR count). The Kier molecular flexibility index (Phi) is 10.6. The van der Waals surface area contributed by atoms with Crippen LogP contribution in [0.3, 0.4) is 0 Å². The Bertz CT molecular complexity index is 2600. The number of nitrogens with one attached hydrogen (secondary N) is 1. The molecule has 0 saturated carbocycles. The minimum absolute atomic E-state index is 0. The van der Waals surface area contributed by atoms with E-state index in [2.05, 4.69) is 46.5 Å². The summed E-state index contributed by atoms with van der Waals surface area (Å²) < 4.78 is 22.5. The minimum Gasteiger partial charge on any atom is -0.508 e. The van der Waals surface area contributed by atoms with Gasteiger partial charge in [-0.05, 0) is 124 Å². The zero-order chi connectivity index (χ0) is 40.4. The molecular weight excluding hydrogens is 778 g/mol. The number of aryl methyl sites for hydroxylation is 1. The Morgan fingerprint density at radius 2 is 1.65 bits per heavy atom. The third-order valence-corrected chi connectivity index (χ3v) is 12.7. The lowest BCUT2D eigenvalue weighted by molar-refractivity contribution is -0.0366. The van der Waals surface area contributed by atoms with Gasteiger partial charge in [0.1, 0.15) is 5.75 Å². The van der Waals surface area contributed by atoms with E-state index in [4.69, 9.17) is 14.2 Å². The van der Waals surface area contributed by atoms with Gasteiger partial charge in [0.25, 0.3) is 11.8 Å². The van der Waals surface area contributed by atoms with Crippen LogP contribution in [0.5, 0.6) is 17.2 Å². The van der Waals surface area contributed by atoms with Crippen LogP contribution in [0.1, 0.15) is 70.6 Å². The van der Waals surface area contributed by atoms with Gasteiger partial charge in [-0.1, -0.05) is 24.3 Å². The largest absolute Gasteiger partial charge is 0.508 e. The van der Waals surface area contributed by atoms with Crippen LogP contribution in [0.15, 0.2) is 97.2 Å². The molecule has 6 aromatic rings. The van der Waals surface area contributed by atoms with Gasteiger partial charge in [0, 0.05) is 83.7 Å². The Morgan fingerprint density at radius 1 is 0.883 bits per heavy atom. The first-order valence-corrected chi connectivity index (χ1v) is 20.8. The van der Waals surface area contributed by atoms with E-state index >= 15 is 9.59 Å². The average Bonchev–Trinajstić information content (AvgIpc) is 3.98. The molecule has 1 unspecified atom stereocenters. The van der Waals surface area contributed by atoms with E-state index in [1.54, 1.807) is 29.2 Å². The number of rotatable bonds is 7. The molecule has 12 heteroatoms. The van der Waals surface area contributed by atoms with Crippen molar-refractivity contribution in [2.45, 2.75) is 83.3 Å². The van der Waals surface area contributed by atoms with E-state index in [9.17, 15) is 5.11 Å². The molecule has 1 saturated heterocycles. The highest BCUT2D eigenvalue weighted by Gasteiger charge is 2.38. The lowest BCUT2D eigenvalue weighted by Crippen LogP contribution is -2.54. The first kappa shape index (κ1) is 39.7. The minimum atomic E-state index is -0.186. The van der Waals surface area contributed by atoms with Crippen LogP contribution in [0.4, 0.5) is 11.4 Å². The second-order valence-corrected chi connectivity index (χ2v) is 16.6. The van der Waals surface area contributed by atoms with Crippen LogP contribution < -0.4 is 19.7 Å². The summed E-state index contributed by atoms with van der Waals surface area (Å²) in [7, 11) is 2.00. The molecule has 4 aliphatic rings. The van der Waals surface area contributed by atoms with Crippen molar-refractivity contribution in [3.05, 3.63) is 125 Å². The molecule has 60 heavy (non-hydrogen) atoms. The summed E-state index contributed by atoms with van der Waals surface area (Å²) in [6.07, 6.45) is 5.99. The Labute approximate surface area is 355 Å². The van der Waals surface area contributed by atoms with Crippen LogP contribution in [0.2, 0.25) is 0 Å². The number of morpholine rings is 1. The van der Waals surface area contributed by atoms with Gasteiger partial charge in [-0.15, -0.1) is 12.4 Å². The fraction of sp³-hybridized carbons (Fsp3) is 0.333. The predicted octanol–water partition coefficient (Wildman–Crippen LogP) is 8.54. The van der Waals surface area contributed by atoms with Crippen molar-refractivity contribution in [2.75, 3.05) is 18.3 Å². The SMILES string of the molecule is C[C@@H]1N[C@@H](C)COC1C[C@@H]1Cc2ccccc2CN1C(=O)c1cc2c(cc1-c1cc(C(=O)N(c3ccc(O)cc3)c3ccc4c(ccn4C)c3)c3n1CCCC3)OCO2.Cl. The number of anilines is 2. The Morgan fingerprint density at radius 3 is 2.45 bits per heavy atom. The van der Waals surface area contributed by atoms with Crippen LogP contribution in [0, 0.1) is 0 Å². The molecule has 4 aliphatic heterocycles. The van der Waals surface area contributed by atoms with Crippen molar-refractivity contribution in [3.8, 4) is 28.5 Å². The Hall–Kier alpha value is -5.75. The first-order chi connectivity index (χ1) is 28.7. The number of carbonyl (C=O) groups excluding carboxylic acids is 2. The lowest BCUT2D eigenvalue weighted by Gasteiger charge is -2.42. The number of fused-ring (bicyclic) bond motifs is 4. The van der Waals surface area contributed by atoms with Crippen LogP contribution in [-0.4, -0.2) is 68.6 Å². The van der Waals surface area contributed by atoms with Gasteiger partial charge in [0.2, 0.25) is 6.79 Å². The summed E-state index contributed by atoms with van der Waals surface area (Å²) in [6, 6.07) is 29.3. The van der Waals surface area contributed by atoms with Crippen molar-refractivity contribution in [2.24, 2.45) is 7.05 Å². The van der Waals surface area contributed by atoms with E-state index in [-0.39, 0.29) is 61.0 Å². The molecule has 1 fully saturated rings. The van der Waals surface area contributed by atoms with Gasteiger partial charge in [-0.25, -0.2) is 0 Å². The summed E-state index contributed by atoms with van der Waals surface area (Å²) >= 11 is 0. The molecule has 4 aromatic carbocycles. The zero-order valence-electron chi connectivity index (χ0n) is 34.1. The second kappa shape index (κ2) is 16.0. The van der Waals surface area contributed by atoms with E-state index < -0.39 is 0 Å². The topological polar surface area (TPSA) is 110 Å². The van der Waals surface area contributed by atoms with Crippen molar-refractivity contribution < 1.29 is 28.9 Å². The number of amides is 2. The number of carbonyl (C=O) groups is 2. The van der Waals surface area contributed by atoms with Crippen LogP contribution >= 0.6 is 12.4 Å². The normalized spacial score (nSPS) is 20.6. The molecule has 2 aromatic heterocycles. The molecule has 2 N–H and O–H groups in total. The monoisotopic (exact) mass is 827 g/mol. The Balaban J connectivity index is 0.00000462. The number of nitrogens with zero attached hydrogens (tertiary/aromatic N) is 4. The predicted molar refractivity (Wildman–Crippen MR) is 234 cm³/mol. The third kappa shape index (κ3) is 7.08. The van der Waals surface area contributed by atoms with Crippen molar-refractivity contribution in [1.82, 2.24) is 19.4 Å². The van der Waals surface area contributed by atoms with Crippen LogP contribution in [0.25, 0.3) is 22.2 Å². The summed E-state index contributed by atoms with van der Waals surface area (Å²) in [6.45, 7) is 6.17. The van der Waals surface area contributed by atoms with Crippen molar-refractivity contribution >= 4 is 46.5 Å². The summed E-state index contributed by atoms with van der Waals surface area (Å²) in [4.78, 5) is 34.4. The summed E-state index contributed by atoms with van der Waals surface area (Å²) in [5.41, 5.74) is 8.33. The zero-order valence-corrected chi connectivity index (χ0v) is 34.9. The van der Waals surface area contributed by atoms with Gasteiger partial charge >= 0.3 is 0 Å². The van der Waals surface area contributed by atoms with Gasteiger partial charge in [-0.3, -0.25) is 14.5 Å². The van der Waals surface area contributed by atoms with E-state index in [0.29, 0.717) is 72.1 Å². The highest BCUT2D eigenvalue weighted by atomic mass is 35.5. The maximum atomic E-state index is 15.4. The fourth-order valence-electron chi connectivity index (χ4n) is 9.68. The molecule has 4 atom stereocenters. The van der Waals surface area contributed by atoms with E-state index in [1.807, 2.05) is 66.7 Å². The lowest BCUT2D eigenvalue weighted by atomic mass is 9.88. The smallest absolute Gasteiger partial charge is 0.264 e. The number of hydrogen-bond donors (Lipinski definition) is 2. The molecule has 6 heterocycles. The third-order valence-electron chi connectivity index (χ3n) is 12.7. The maximum absolute atomic E-state index is 15.4. The van der Waals surface area contributed by atoms with Crippen LogP contribution in [-0.2, 0) is 37.7 Å². The number of benzene rings is 4. The molecule has 0 aliphatic carbocycles. The van der Waals surface area contributed by atoms with E-state index in [1.165, 1.54) is 5.56 Å². The molecule has 0 radical (unpaired) electrons. The summed E-state index contributed by atoms with van der Waals surface area (Å²) in [5, 5.41) is 14.9. The average molecular weight is 828 g/mol. The van der Waals surface area contributed by atoms with Crippen molar-refractivity contribution in [1.29, 1.82) is 0 Å². The molecule has 2 amide bonds.